The van der Waals surface area contributed by atoms with Crippen LogP contribution in [0.15, 0.2) is 91.5 Å². The maximum absolute atomic E-state index is 12.2. The summed E-state index contributed by atoms with van der Waals surface area (Å²) in [5, 5.41) is 2.85. The number of carbonyl (C=O) groups excluding carboxylic acids is 1. The number of anilines is 1. The summed E-state index contributed by atoms with van der Waals surface area (Å²) < 4.78 is 12.7. The molecular formula is C24H21N3O3. The molecule has 0 bridgehead atoms. The lowest BCUT2D eigenvalue weighted by molar-refractivity contribution is -0.118. The first-order chi connectivity index (χ1) is 14.7. The van der Waals surface area contributed by atoms with Gasteiger partial charge in [-0.15, -0.1) is 0 Å². The normalized spacial score (nSPS) is 10.4. The van der Waals surface area contributed by atoms with E-state index >= 15 is 0 Å². The van der Waals surface area contributed by atoms with Crippen LogP contribution in [0.5, 0.6) is 11.5 Å². The van der Waals surface area contributed by atoms with Crippen molar-refractivity contribution in [2.75, 3.05) is 19.0 Å². The Morgan fingerprint density at radius 2 is 1.53 bits per heavy atom. The van der Waals surface area contributed by atoms with Gasteiger partial charge in [-0.05, 0) is 59.7 Å². The molecule has 1 aromatic heterocycles. The average molecular weight is 399 g/mol. The van der Waals surface area contributed by atoms with Crippen LogP contribution in [0, 0.1) is 0 Å². The monoisotopic (exact) mass is 399 g/mol. The minimum Gasteiger partial charge on any atom is -0.497 e. The van der Waals surface area contributed by atoms with E-state index in [2.05, 4.69) is 10.3 Å². The molecule has 0 saturated heterocycles. The number of aromatic nitrogens is 2. The van der Waals surface area contributed by atoms with Gasteiger partial charge >= 0.3 is 0 Å². The highest BCUT2D eigenvalue weighted by molar-refractivity contribution is 5.92. The van der Waals surface area contributed by atoms with Crippen molar-refractivity contribution in [3.8, 4) is 28.3 Å². The molecule has 1 heterocycles. The molecule has 150 valence electrons. The maximum atomic E-state index is 12.2. The van der Waals surface area contributed by atoms with E-state index in [4.69, 9.17) is 9.47 Å². The Morgan fingerprint density at radius 3 is 2.13 bits per heavy atom. The van der Waals surface area contributed by atoms with E-state index in [9.17, 15) is 4.79 Å². The van der Waals surface area contributed by atoms with Crippen LogP contribution in [0.1, 0.15) is 0 Å². The van der Waals surface area contributed by atoms with Gasteiger partial charge in [0, 0.05) is 23.8 Å². The minimum absolute atomic E-state index is 0.0648. The van der Waals surface area contributed by atoms with Crippen LogP contribution in [0.25, 0.3) is 16.8 Å². The van der Waals surface area contributed by atoms with Gasteiger partial charge in [0.25, 0.3) is 5.91 Å². The highest BCUT2D eigenvalue weighted by Gasteiger charge is 2.05. The largest absolute Gasteiger partial charge is 0.497 e. The molecule has 0 fully saturated rings. The zero-order valence-corrected chi connectivity index (χ0v) is 16.5. The summed E-state index contributed by atoms with van der Waals surface area (Å²) in [4.78, 5) is 16.2. The number of benzene rings is 3. The molecule has 1 N–H and O–H groups in total. The predicted octanol–water partition coefficient (Wildman–Crippen LogP) is 4.57. The number of ether oxygens (including phenoxy) is 2. The van der Waals surface area contributed by atoms with Gasteiger partial charge in [-0.2, -0.15) is 0 Å². The van der Waals surface area contributed by atoms with Crippen LogP contribution in [0.4, 0.5) is 5.69 Å². The zero-order valence-electron chi connectivity index (χ0n) is 16.5. The number of rotatable bonds is 7. The van der Waals surface area contributed by atoms with Crippen molar-refractivity contribution in [2.45, 2.75) is 0 Å². The molecule has 0 atom stereocenters. The van der Waals surface area contributed by atoms with Crippen LogP contribution >= 0.6 is 0 Å². The molecule has 0 aliphatic heterocycles. The summed E-state index contributed by atoms with van der Waals surface area (Å²) in [5.74, 6) is 1.23. The van der Waals surface area contributed by atoms with Crippen molar-refractivity contribution in [3.05, 3.63) is 91.5 Å². The lowest BCUT2D eigenvalue weighted by atomic mass is 10.1. The summed E-state index contributed by atoms with van der Waals surface area (Å²) in [6.45, 7) is -0.0648. The first-order valence-electron chi connectivity index (χ1n) is 9.47. The Kier molecular flexibility index (Phi) is 5.75. The lowest BCUT2D eigenvalue weighted by Crippen LogP contribution is -2.20. The summed E-state index contributed by atoms with van der Waals surface area (Å²) in [5.41, 5.74) is 3.83. The summed E-state index contributed by atoms with van der Waals surface area (Å²) in [6.07, 6.45) is 5.31. The second kappa shape index (κ2) is 8.96. The van der Waals surface area contributed by atoms with Crippen LogP contribution in [-0.4, -0.2) is 29.2 Å². The number of amides is 1. The van der Waals surface area contributed by atoms with E-state index in [1.54, 1.807) is 19.6 Å². The number of carbonyl (C=O) groups is 1. The Hall–Kier alpha value is -4.06. The van der Waals surface area contributed by atoms with Crippen molar-refractivity contribution < 1.29 is 14.3 Å². The first kappa shape index (κ1) is 19.3. The zero-order chi connectivity index (χ0) is 20.8. The van der Waals surface area contributed by atoms with Crippen LogP contribution in [0.2, 0.25) is 0 Å². The fourth-order valence-electron chi connectivity index (χ4n) is 3.00. The first-order valence-corrected chi connectivity index (χ1v) is 9.47. The fraction of sp³-hybridized carbons (Fsp3) is 0.0833. The highest BCUT2D eigenvalue weighted by Crippen LogP contribution is 2.24. The summed E-state index contributed by atoms with van der Waals surface area (Å²) in [6, 6.07) is 23.0. The van der Waals surface area contributed by atoms with Gasteiger partial charge in [0.05, 0.1) is 13.4 Å². The third-order valence-electron chi connectivity index (χ3n) is 4.60. The van der Waals surface area contributed by atoms with Crippen LogP contribution < -0.4 is 14.8 Å². The molecular weight excluding hydrogens is 378 g/mol. The van der Waals surface area contributed by atoms with E-state index < -0.39 is 0 Å². The highest BCUT2D eigenvalue weighted by atomic mass is 16.5. The van der Waals surface area contributed by atoms with E-state index in [0.29, 0.717) is 5.75 Å². The standard InChI is InChI=1S/C24H21N3O3/c1-29-22-10-4-19(5-11-22)18-2-6-20(7-3-18)26-24(28)16-30-23-12-8-21(9-13-23)27-15-14-25-17-27/h2-15,17H,16H2,1H3,(H,26,28). The van der Waals surface area contributed by atoms with E-state index in [1.807, 2.05) is 83.6 Å². The van der Waals surface area contributed by atoms with Gasteiger partial charge in [0.1, 0.15) is 11.5 Å². The number of nitrogens with one attached hydrogen (secondary N) is 1. The van der Waals surface area contributed by atoms with Crippen molar-refractivity contribution >= 4 is 11.6 Å². The molecule has 0 unspecified atom stereocenters. The van der Waals surface area contributed by atoms with Crippen LogP contribution in [-0.2, 0) is 4.79 Å². The Labute approximate surface area is 174 Å². The number of hydrogen-bond acceptors (Lipinski definition) is 4. The number of imidazole rings is 1. The molecule has 0 saturated carbocycles. The third-order valence-corrected chi connectivity index (χ3v) is 4.60. The molecule has 0 aliphatic carbocycles. The van der Waals surface area contributed by atoms with E-state index in [1.165, 1.54) is 0 Å². The fourth-order valence-corrected chi connectivity index (χ4v) is 3.00. The molecule has 6 heteroatoms. The number of methoxy groups -OCH3 is 1. The van der Waals surface area contributed by atoms with Crippen molar-refractivity contribution in [1.29, 1.82) is 0 Å². The quantitative estimate of drug-likeness (QED) is 0.495. The second-order valence-corrected chi connectivity index (χ2v) is 6.61. The van der Waals surface area contributed by atoms with E-state index in [0.717, 1.165) is 28.3 Å². The molecule has 30 heavy (non-hydrogen) atoms. The van der Waals surface area contributed by atoms with Gasteiger partial charge in [-0.25, -0.2) is 4.98 Å². The molecule has 4 rings (SSSR count). The SMILES string of the molecule is COc1ccc(-c2ccc(NC(=O)COc3ccc(-n4ccnc4)cc3)cc2)cc1. The molecule has 4 aromatic rings. The number of nitrogens with zero attached hydrogens (tertiary/aromatic N) is 2. The topological polar surface area (TPSA) is 65.4 Å². The number of hydrogen-bond donors (Lipinski definition) is 1. The molecule has 0 radical (unpaired) electrons. The minimum atomic E-state index is -0.217. The Morgan fingerprint density at radius 1 is 0.900 bits per heavy atom. The lowest BCUT2D eigenvalue weighted by Gasteiger charge is -2.09. The summed E-state index contributed by atoms with van der Waals surface area (Å²) >= 11 is 0. The average Bonchev–Trinajstić information content (AvgIpc) is 3.34. The van der Waals surface area contributed by atoms with E-state index in [-0.39, 0.29) is 12.5 Å². The van der Waals surface area contributed by atoms with Gasteiger partial charge in [0.2, 0.25) is 0 Å². The Balaban J connectivity index is 1.30. The maximum Gasteiger partial charge on any atom is 0.262 e. The molecule has 1 amide bonds. The molecule has 0 aliphatic rings. The van der Waals surface area contributed by atoms with Crippen molar-refractivity contribution in [1.82, 2.24) is 9.55 Å². The van der Waals surface area contributed by atoms with Gasteiger partial charge in [-0.3, -0.25) is 4.79 Å². The summed E-state index contributed by atoms with van der Waals surface area (Å²) in [7, 11) is 1.65. The van der Waals surface area contributed by atoms with Gasteiger partial charge in [0.15, 0.2) is 6.61 Å². The third kappa shape index (κ3) is 4.67. The predicted molar refractivity (Wildman–Crippen MR) is 116 cm³/mol. The smallest absolute Gasteiger partial charge is 0.262 e. The molecule has 6 nitrogen and oxygen atoms in total. The van der Waals surface area contributed by atoms with Crippen molar-refractivity contribution in [3.63, 3.8) is 0 Å². The van der Waals surface area contributed by atoms with Crippen molar-refractivity contribution in [2.24, 2.45) is 0 Å². The second-order valence-electron chi connectivity index (χ2n) is 6.61. The van der Waals surface area contributed by atoms with Gasteiger partial charge in [-0.1, -0.05) is 24.3 Å². The van der Waals surface area contributed by atoms with Crippen LogP contribution in [0.3, 0.4) is 0 Å². The molecule has 3 aromatic carbocycles. The molecule has 0 spiro atoms. The van der Waals surface area contributed by atoms with Gasteiger partial charge < -0.3 is 19.4 Å². The Bertz CT molecular complexity index is 1090.